The first-order valence-electron chi connectivity index (χ1n) is 8.60. The largest absolute Gasteiger partial charge is 0.480 e. The Morgan fingerprint density at radius 1 is 1.00 bits per heavy atom. The van der Waals surface area contributed by atoms with Gasteiger partial charge in [0.2, 0.25) is 6.43 Å². The number of hydrogen-bond acceptors (Lipinski definition) is 3. The van der Waals surface area contributed by atoms with Crippen molar-refractivity contribution in [2.75, 3.05) is 6.61 Å². The van der Waals surface area contributed by atoms with Crippen molar-refractivity contribution in [3.05, 3.63) is 59.7 Å². The molecule has 5 nitrogen and oxygen atoms in total. The Morgan fingerprint density at radius 2 is 1.56 bits per heavy atom. The molecule has 0 spiro atoms. The van der Waals surface area contributed by atoms with E-state index in [0.717, 1.165) is 22.3 Å². The molecule has 1 amide bonds. The maximum absolute atomic E-state index is 12.3. The fourth-order valence-corrected chi connectivity index (χ4v) is 3.33. The van der Waals surface area contributed by atoms with Gasteiger partial charge in [0.15, 0.2) is 0 Å². The highest BCUT2D eigenvalue weighted by molar-refractivity contribution is 5.81. The molecule has 2 aromatic carbocycles. The maximum Gasteiger partial charge on any atom is 0.407 e. The molecule has 3 rings (SSSR count). The van der Waals surface area contributed by atoms with Crippen molar-refractivity contribution in [3.63, 3.8) is 0 Å². The molecule has 0 aromatic heterocycles. The van der Waals surface area contributed by atoms with Crippen LogP contribution in [0.2, 0.25) is 0 Å². The predicted molar refractivity (Wildman–Crippen MR) is 94.9 cm³/mol. The van der Waals surface area contributed by atoms with Gasteiger partial charge in [0.05, 0.1) is 0 Å². The normalized spacial score (nSPS) is 13.7. The standard InChI is InChI=1S/C20H19F2NO4/c21-18(22)10-9-17(19(24)25)23-20(26)27-11-16-14-7-3-1-5-12(14)13-6-2-4-8-15(13)16/h1-8,16-18H,9-11H2,(H,23,26)(H,24,25). The topological polar surface area (TPSA) is 75.6 Å². The summed E-state index contributed by atoms with van der Waals surface area (Å²) in [6.07, 6.45) is -4.53. The number of aliphatic carboxylic acids is 1. The number of nitrogens with one attached hydrogen (secondary N) is 1. The van der Waals surface area contributed by atoms with E-state index in [-0.39, 0.29) is 18.9 Å². The van der Waals surface area contributed by atoms with Crippen LogP contribution >= 0.6 is 0 Å². The van der Waals surface area contributed by atoms with Crippen molar-refractivity contribution < 1.29 is 28.2 Å². The Bertz CT molecular complexity index is 795. The van der Waals surface area contributed by atoms with Crippen LogP contribution in [0.1, 0.15) is 29.9 Å². The number of fused-ring (bicyclic) bond motifs is 3. The van der Waals surface area contributed by atoms with Gasteiger partial charge in [-0.3, -0.25) is 0 Å². The third kappa shape index (κ3) is 4.24. The molecule has 142 valence electrons. The predicted octanol–water partition coefficient (Wildman–Crippen LogP) is 4.02. The van der Waals surface area contributed by atoms with Gasteiger partial charge < -0.3 is 15.2 Å². The summed E-state index contributed by atoms with van der Waals surface area (Å²) in [6.45, 7) is 0.0288. The molecule has 7 heteroatoms. The Kier molecular flexibility index (Phi) is 5.69. The first kappa shape index (κ1) is 18.8. The van der Waals surface area contributed by atoms with E-state index in [1.165, 1.54) is 0 Å². The van der Waals surface area contributed by atoms with Crippen LogP contribution in [0.25, 0.3) is 11.1 Å². The molecule has 1 aliphatic rings. The monoisotopic (exact) mass is 375 g/mol. The van der Waals surface area contributed by atoms with Gasteiger partial charge in [0.25, 0.3) is 0 Å². The van der Waals surface area contributed by atoms with E-state index in [4.69, 9.17) is 9.84 Å². The van der Waals surface area contributed by atoms with E-state index in [1.54, 1.807) is 0 Å². The lowest BCUT2D eigenvalue weighted by Crippen LogP contribution is -2.41. The van der Waals surface area contributed by atoms with Crippen LogP contribution < -0.4 is 5.32 Å². The second-order valence-corrected chi connectivity index (χ2v) is 6.33. The molecule has 2 N–H and O–H groups in total. The summed E-state index contributed by atoms with van der Waals surface area (Å²) in [5.74, 6) is -1.53. The van der Waals surface area contributed by atoms with Gasteiger partial charge >= 0.3 is 12.1 Å². The van der Waals surface area contributed by atoms with Crippen molar-refractivity contribution in [1.29, 1.82) is 0 Å². The molecule has 2 aromatic rings. The first-order chi connectivity index (χ1) is 13.0. The Hall–Kier alpha value is -2.96. The maximum atomic E-state index is 12.3. The van der Waals surface area contributed by atoms with Crippen LogP contribution in [0.15, 0.2) is 48.5 Å². The van der Waals surface area contributed by atoms with Crippen LogP contribution in [0.5, 0.6) is 0 Å². The average molecular weight is 375 g/mol. The lowest BCUT2D eigenvalue weighted by molar-refractivity contribution is -0.139. The number of ether oxygens (including phenoxy) is 1. The number of benzene rings is 2. The van der Waals surface area contributed by atoms with Gasteiger partial charge in [-0.15, -0.1) is 0 Å². The minimum Gasteiger partial charge on any atom is -0.480 e. The molecule has 0 radical (unpaired) electrons. The summed E-state index contributed by atoms with van der Waals surface area (Å²) < 4.78 is 29.8. The zero-order valence-electron chi connectivity index (χ0n) is 14.4. The third-order valence-electron chi connectivity index (χ3n) is 4.61. The van der Waals surface area contributed by atoms with E-state index in [9.17, 15) is 18.4 Å². The summed E-state index contributed by atoms with van der Waals surface area (Å²) in [5, 5.41) is 11.2. The summed E-state index contributed by atoms with van der Waals surface area (Å²) in [7, 11) is 0. The van der Waals surface area contributed by atoms with Gasteiger partial charge in [0.1, 0.15) is 12.6 Å². The van der Waals surface area contributed by atoms with Crippen molar-refractivity contribution in [2.45, 2.75) is 31.2 Å². The molecule has 27 heavy (non-hydrogen) atoms. The molecular weight excluding hydrogens is 356 g/mol. The van der Waals surface area contributed by atoms with Gasteiger partial charge in [-0.05, 0) is 28.7 Å². The molecule has 1 aliphatic carbocycles. The van der Waals surface area contributed by atoms with Crippen molar-refractivity contribution in [1.82, 2.24) is 5.32 Å². The fourth-order valence-electron chi connectivity index (χ4n) is 3.33. The zero-order valence-corrected chi connectivity index (χ0v) is 14.4. The van der Waals surface area contributed by atoms with Crippen LogP contribution in [-0.2, 0) is 9.53 Å². The number of carboxylic acid groups (broad SMARTS) is 1. The number of rotatable bonds is 7. The first-order valence-corrected chi connectivity index (χ1v) is 8.60. The van der Waals surface area contributed by atoms with E-state index in [0.29, 0.717) is 0 Å². The fraction of sp³-hybridized carbons (Fsp3) is 0.300. The van der Waals surface area contributed by atoms with Gasteiger partial charge in [0, 0.05) is 12.3 Å². The van der Waals surface area contributed by atoms with E-state index in [2.05, 4.69) is 5.32 Å². The minimum atomic E-state index is -2.63. The Labute approximate surface area is 155 Å². The number of alkyl halides is 2. The van der Waals surface area contributed by atoms with E-state index >= 15 is 0 Å². The molecule has 0 aliphatic heterocycles. The zero-order chi connectivity index (χ0) is 19.4. The molecule has 1 unspecified atom stereocenters. The van der Waals surface area contributed by atoms with Crippen molar-refractivity contribution in [2.24, 2.45) is 0 Å². The molecule has 0 bridgehead atoms. The van der Waals surface area contributed by atoms with Crippen molar-refractivity contribution >= 4 is 12.1 Å². The second-order valence-electron chi connectivity index (χ2n) is 6.33. The lowest BCUT2D eigenvalue weighted by atomic mass is 9.98. The molecule has 0 fully saturated rings. The summed E-state index contributed by atoms with van der Waals surface area (Å²) in [5.41, 5.74) is 4.20. The minimum absolute atomic E-state index is 0.0288. The summed E-state index contributed by atoms with van der Waals surface area (Å²) >= 11 is 0. The second kappa shape index (κ2) is 8.16. The SMILES string of the molecule is O=C(NC(CCC(F)F)C(=O)O)OCC1c2ccccc2-c2ccccc21. The van der Waals surface area contributed by atoms with E-state index < -0.39 is 31.0 Å². The highest BCUT2D eigenvalue weighted by atomic mass is 19.3. The smallest absolute Gasteiger partial charge is 0.407 e. The number of alkyl carbamates (subject to hydrolysis) is 1. The molecule has 0 heterocycles. The average Bonchev–Trinajstić information content (AvgIpc) is 2.97. The van der Waals surface area contributed by atoms with Gasteiger partial charge in [-0.25, -0.2) is 18.4 Å². The van der Waals surface area contributed by atoms with Crippen molar-refractivity contribution in [3.8, 4) is 11.1 Å². The van der Waals surface area contributed by atoms with Crippen LogP contribution in [0.4, 0.5) is 13.6 Å². The van der Waals surface area contributed by atoms with Gasteiger partial charge in [-0.1, -0.05) is 48.5 Å². The highest BCUT2D eigenvalue weighted by Crippen LogP contribution is 2.44. The van der Waals surface area contributed by atoms with Gasteiger partial charge in [-0.2, -0.15) is 0 Å². The summed E-state index contributed by atoms with van der Waals surface area (Å²) in [4.78, 5) is 23.1. The molecule has 0 saturated heterocycles. The van der Waals surface area contributed by atoms with Crippen LogP contribution in [-0.4, -0.2) is 36.2 Å². The number of carbonyl (C=O) groups excluding carboxylic acids is 1. The molecule has 1 atom stereocenters. The number of halogens is 2. The van der Waals surface area contributed by atoms with Crippen LogP contribution in [0.3, 0.4) is 0 Å². The quantitative estimate of drug-likeness (QED) is 0.766. The van der Waals surface area contributed by atoms with Crippen LogP contribution in [0, 0.1) is 0 Å². The molecular formula is C20H19F2NO4. The van der Waals surface area contributed by atoms with E-state index in [1.807, 2.05) is 48.5 Å². The third-order valence-corrected chi connectivity index (χ3v) is 4.61. The number of hydrogen-bond donors (Lipinski definition) is 2. The Balaban J connectivity index is 1.66. The molecule has 0 saturated carbocycles. The summed E-state index contributed by atoms with van der Waals surface area (Å²) in [6, 6.07) is 14.2. The number of amides is 1. The lowest BCUT2D eigenvalue weighted by Gasteiger charge is -2.17. The Morgan fingerprint density at radius 3 is 2.07 bits per heavy atom. The number of carboxylic acids is 1. The number of carbonyl (C=O) groups is 2. The highest BCUT2D eigenvalue weighted by Gasteiger charge is 2.29.